The van der Waals surface area contributed by atoms with Crippen molar-refractivity contribution >= 4 is 0 Å². The lowest BCUT2D eigenvalue weighted by atomic mass is 10.1. The summed E-state index contributed by atoms with van der Waals surface area (Å²) in [4.78, 5) is 0. The van der Waals surface area contributed by atoms with Gasteiger partial charge in [0.1, 0.15) is 5.75 Å². The highest BCUT2D eigenvalue weighted by Gasteiger charge is 2.12. The van der Waals surface area contributed by atoms with Gasteiger partial charge in [0, 0.05) is 0 Å². The topological polar surface area (TPSA) is 41.5 Å². The fourth-order valence-electron chi connectivity index (χ4n) is 2.02. The molecule has 3 heteroatoms. The number of ether oxygens (including phenoxy) is 1. The number of phenols is 1. The van der Waals surface area contributed by atoms with Gasteiger partial charge in [0.15, 0.2) is 0 Å². The van der Waals surface area contributed by atoms with Crippen molar-refractivity contribution in [3.63, 3.8) is 0 Å². The van der Waals surface area contributed by atoms with Crippen molar-refractivity contribution in [1.29, 1.82) is 0 Å². The van der Waals surface area contributed by atoms with E-state index in [4.69, 9.17) is 4.74 Å². The lowest BCUT2D eigenvalue weighted by molar-refractivity contribution is 0.0347. The molecule has 2 rings (SSSR count). The summed E-state index contributed by atoms with van der Waals surface area (Å²) in [6.45, 7) is 2.81. The van der Waals surface area contributed by atoms with E-state index in [1.807, 2.05) is 18.2 Å². The van der Waals surface area contributed by atoms with Crippen molar-refractivity contribution in [1.82, 2.24) is 5.32 Å². The molecule has 2 N–H and O–H groups in total. The van der Waals surface area contributed by atoms with Crippen LogP contribution in [0.3, 0.4) is 0 Å². The first-order valence-electron chi connectivity index (χ1n) is 5.95. The van der Waals surface area contributed by atoms with Gasteiger partial charge in [0.2, 0.25) is 0 Å². The van der Waals surface area contributed by atoms with E-state index >= 15 is 0 Å². The van der Waals surface area contributed by atoms with E-state index in [0.717, 1.165) is 37.9 Å². The molecule has 1 fully saturated rings. The molecule has 16 heavy (non-hydrogen) atoms. The summed E-state index contributed by atoms with van der Waals surface area (Å²) < 4.78 is 5.79. The SMILES string of the molecule is Oc1ccccc1CCOC1CCNCC1. The molecule has 1 aliphatic heterocycles. The lowest BCUT2D eigenvalue weighted by Gasteiger charge is -2.22. The molecule has 0 aliphatic carbocycles. The van der Waals surface area contributed by atoms with Crippen LogP contribution >= 0.6 is 0 Å². The summed E-state index contributed by atoms with van der Waals surface area (Å²) in [5.41, 5.74) is 0.969. The first-order valence-corrected chi connectivity index (χ1v) is 5.95. The Hall–Kier alpha value is -1.06. The van der Waals surface area contributed by atoms with Gasteiger partial charge in [0.25, 0.3) is 0 Å². The summed E-state index contributed by atoms with van der Waals surface area (Å²) in [6, 6.07) is 7.45. The molecule has 1 saturated heterocycles. The highest BCUT2D eigenvalue weighted by molar-refractivity contribution is 5.31. The van der Waals surface area contributed by atoms with Crippen LogP contribution < -0.4 is 5.32 Å². The Balaban J connectivity index is 1.73. The molecule has 0 aromatic heterocycles. The molecule has 0 spiro atoms. The fraction of sp³-hybridized carbons (Fsp3) is 0.538. The zero-order valence-corrected chi connectivity index (χ0v) is 9.48. The van der Waals surface area contributed by atoms with Crippen LogP contribution in [0.15, 0.2) is 24.3 Å². The predicted molar refractivity (Wildman–Crippen MR) is 63.7 cm³/mol. The second-order valence-corrected chi connectivity index (χ2v) is 4.20. The number of phenolic OH excluding ortho intramolecular Hbond substituents is 1. The van der Waals surface area contributed by atoms with Crippen LogP contribution in [0.25, 0.3) is 0 Å². The lowest BCUT2D eigenvalue weighted by Crippen LogP contribution is -2.32. The van der Waals surface area contributed by atoms with Crippen molar-refractivity contribution in [2.24, 2.45) is 0 Å². The van der Waals surface area contributed by atoms with Gasteiger partial charge >= 0.3 is 0 Å². The Morgan fingerprint density at radius 1 is 1.25 bits per heavy atom. The van der Waals surface area contributed by atoms with Crippen molar-refractivity contribution in [3.8, 4) is 5.75 Å². The Bertz CT molecular complexity index is 321. The van der Waals surface area contributed by atoms with Gasteiger partial charge in [0.05, 0.1) is 12.7 Å². The van der Waals surface area contributed by atoms with Gasteiger partial charge in [-0.3, -0.25) is 0 Å². The number of benzene rings is 1. The number of aromatic hydroxyl groups is 1. The summed E-state index contributed by atoms with van der Waals surface area (Å²) in [5, 5.41) is 12.9. The molecule has 0 radical (unpaired) electrons. The van der Waals surface area contributed by atoms with E-state index in [1.165, 1.54) is 0 Å². The maximum Gasteiger partial charge on any atom is 0.118 e. The monoisotopic (exact) mass is 221 g/mol. The number of rotatable bonds is 4. The first kappa shape index (κ1) is 11.4. The molecular formula is C13H19NO2. The average molecular weight is 221 g/mol. The molecule has 0 unspecified atom stereocenters. The third-order valence-corrected chi connectivity index (χ3v) is 3.00. The number of nitrogens with one attached hydrogen (secondary N) is 1. The quantitative estimate of drug-likeness (QED) is 0.813. The zero-order valence-electron chi connectivity index (χ0n) is 9.48. The largest absolute Gasteiger partial charge is 0.508 e. The standard InChI is InChI=1S/C13H19NO2/c15-13-4-2-1-3-11(13)7-10-16-12-5-8-14-9-6-12/h1-4,12,14-15H,5-10H2. The van der Waals surface area contributed by atoms with E-state index in [9.17, 15) is 5.11 Å². The van der Waals surface area contributed by atoms with Crippen LogP contribution in [0.4, 0.5) is 0 Å². The van der Waals surface area contributed by atoms with Crippen LogP contribution in [0.5, 0.6) is 5.75 Å². The van der Waals surface area contributed by atoms with E-state index in [1.54, 1.807) is 6.07 Å². The summed E-state index contributed by atoms with van der Waals surface area (Å²) in [5.74, 6) is 0.372. The van der Waals surface area contributed by atoms with Gasteiger partial charge in [-0.2, -0.15) is 0 Å². The van der Waals surface area contributed by atoms with Crippen molar-refractivity contribution in [3.05, 3.63) is 29.8 Å². The Labute approximate surface area is 96.4 Å². The van der Waals surface area contributed by atoms with E-state index in [-0.39, 0.29) is 0 Å². The van der Waals surface area contributed by atoms with Crippen LogP contribution in [-0.4, -0.2) is 30.9 Å². The van der Waals surface area contributed by atoms with Crippen LogP contribution in [0.2, 0.25) is 0 Å². The summed E-state index contributed by atoms with van der Waals surface area (Å²) in [7, 11) is 0. The van der Waals surface area contributed by atoms with Gasteiger partial charge in [-0.25, -0.2) is 0 Å². The maximum atomic E-state index is 9.58. The van der Waals surface area contributed by atoms with Gasteiger partial charge in [-0.15, -0.1) is 0 Å². The van der Waals surface area contributed by atoms with Crippen LogP contribution in [-0.2, 0) is 11.2 Å². The van der Waals surface area contributed by atoms with Crippen molar-refractivity contribution < 1.29 is 9.84 Å². The second kappa shape index (κ2) is 5.87. The second-order valence-electron chi connectivity index (χ2n) is 4.20. The zero-order chi connectivity index (χ0) is 11.2. The molecule has 1 aromatic rings. The molecular weight excluding hydrogens is 202 g/mol. The number of piperidine rings is 1. The Kier molecular flexibility index (Phi) is 4.19. The number of para-hydroxylation sites is 1. The Morgan fingerprint density at radius 3 is 2.75 bits per heavy atom. The minimum absolute atomic E-state index is 0.372. The first-order chi connectivity index (χ1) is 7.86. The average Bonchev–Trinajstić information content (AvgIpc) is 2.33. The minimum atomic E-state index is 0.372. The highest BCUT2D eigenvalue weighted by atomic mass is 16.5. The third-order valence-electron chi connectivity index (χ3n) is 3.00. The molecule has 0 bridgehead atoms. The molecule has 88 valence electrons. The van der Waals surface area contributed by atoms with E-state index in [0.29, 0.717) is 18.5 Å². The van der Waals surface area contributed by atoms with Gasteiger partial charge < -0.3 is 15.2 Å². The maximum absolute atomic E-state index is 9.58. The Morgan fingerprint density at radius 2 is 2.00 bits per heavy atom. The van der Waals surface area contributed by atoms with Gasteiger partial charge in [-0.05, 0) is 44.0 Å². The summed E-state index contributed by atoms with van der Waals surface area (Å²) in [6.07, 6.45) is 3.38. The van der Waals surface area contributed by atoms with Crippen molar-refractivity contribution in [2.45, 2.75) is 25.4 Å². The molecule has 1 aliphatic rings. The fourth-order valence-corrected chi connectivity index (χ4v) is 2.02. The van der Waals surface area contributed by atoms with Crippen LogP contribution in [0.1, 0.15) is 18.4 Å². The molecule has 1 aromatic carbocycles. The third kappa shape index (κ3) is 3.22. The number of hydrogen-bond acceptors (Lipinski definition) is 3. The van der Waals surface area contributed by atoms with Crippen molar-refractivity contribution in [2.75, 3.05) is 19.7 Å². The predicted octanol–water partition coefficient (Wildman–Crippen LogP) is 1.70. The number of hydrogen-bond donors (Lipinski definition) is 2. The minimum Gasteiger partial charge on any atom is -0.508 e. The van der Waals surface area contributed by atoms with E-state index in [2.05, 4.69) is 5.32 Å². The molecule has 0 amide bonds. The molecule has 0 atom stereocenters. The van der Waals surface area contributed by atoms with E-state index < -0.39 is 0 Å². The van der Waals surface area contributed by atoms with Crippen LogP contribution in [0, 0.1) is 0 Å². The molecule has 0 saturated carbocycles. The smallest absolute Gasteiger partial charge is 0.118 e. The molecule has 3 nitrogen and oxygen atoms in total. The highest BCUT2D eigenvalue weighted by Crippen LogP contribution is 2.16. The summed E-state index contributed by atoms with van der Waals surface area (Å²) >= 11 is 0. The van der Waals surface area contributed by atoms with Gasteiger partial charge in [-0.1, -0.05) is 18.2 Å². The normalized spacial score (nSPS) is 17.5. The molecule has 1 heterocycles.